The minimum atomic E-state index is 0.706. The molecule has 0 spiro atoms. The number of aryl methyl sites for hydroxylation is 1. The lowest BCUT2D eigenvalue weighted by atomic mass is 10.1. The molecule has 5 rings (SSSR count). The highest BCUT2D eigenvalue weighted by molar-refractivity contribution is 7.30. The van der Waals surface area contributed by atoms with Crippen LogP contribution in [0, 0.1) is 22.7 Å². The summed E-state index contributed by atoms with van der Waals surface area (Å²) >= 11 is 3.71. The number of fused-ring (bicyclic) bond motifs is 3. The first kappa shape index (κ1) is 23.8. The molecule has 0 unspecified atom stereocenters. The van der Waals surface area contributed by atoms with E-state index in [1.807, 2.05) is 48.7 Å². The molecule has 0 aliphatic heterocycles. The summed E-state index contributed by atoms with van der Waals surface area (Å²) in [6.07, 6.45) is 4.90. The summed E-state index contributed by atoms with van der Waals surface area (Å²) in [5.41, 5.74) is 8.52. The van der Waals surface area contributed by atoms with Crippen LogP contribution in [0.4, 0.5) is 0 Å². The smallest absolute Gasteiger partial charge is 0.0944 e. The molecule has 0 fully saturated rings. The monoisotopic (exact) mass is 503 g/mol. The van der Waals surface area contributed by atoms with Gasteiger partial charge in [-0.15, -0.1) is 22.7 Å². The molecule has 176 valence electrons. The van der Waals surface area contributed by atoms with Crippen LogP contribution >= 0.6 is 22.7 Å². The summed E-state index contributed by atoms with van der Waals surface area (Å²) in [6.45, 7) is 6.87. The Morgan fingerprint density at radius 1 is 0.750 bits per heavy atom. The van der Waals surface area contributed by atoms with Crippen molar-refractivity contribution in [2.45, 2.75) is 33.7 Å². The van der Waals surface area contributed by atoms with Crippen LogP contribution in [0.5, 0.6) is 0 Å². The lowest BCUT2D eigenvalue weighted by molar-refractivity contribution is 0.725. The van der Waals surface area contributed by atoms with Crippen LogP contribution in [0.1, 0.15) is 38.3 Å². The van der Waals surface area contributed by atoms with Crippen LogP contribution in [0.25, 0.3) is 53.5 Å². The molecule has 3 heterocycles. The number of rotatable bonds is 6. The average Bonchev–Trinajstić information content (AvgIpc) is 3.58. The Morgan fingerprint density at radius 3 is 1.53 bits per heavy atom. The number of benzene rings is 2. The number of allylic oxidation sites excluding steroid dienone is 2. The molecule has 0 N–H and O–H groups in total. The quantitative estimate of drug-likeness (QED) is 0.217. The molecule has 0 bridgehead atoms. The molecule has 0 saturated heterocycles. The summed E-state index contributed by atoms with van der Waals surface area (Å²) in [6, 6.07) is 25.9. The predicted molar refractivity (Wildman–Crippen MR) is 155 cm³/mol. The molecule has 0 atom stereocenters. The van der Waals surface area contributed by atoms with Gasteiger partial charge in [-0.3, -0.25) is 0 Å². The van der Waals surface area contributed by atoms with Crippen molar-refractivity contribution in [2.24, 2.45) is 0 Å². The third-order valence-electron chi connectivity index (χ3n) is 6.17. The molecule has 0 amide bonds. The van der Waals surface area contributed by atoms with Gasteiger partial charge in [-0.25, -0.2) is 0 Å². The predicted octanol–water partition coefficient (Wildman–Crippen LogP) is 9.52. The Hall–Kier alpha value is -3.90. The van der Waals surface area contributed by atoms with Crippen molar-refractivity contribution in [2.75, 3.05) is 0 Å². The fraction of sp³-hybridized carbons (Fsp3) is 0.161. The van der Waals surface area contributed by atoms with Crippen molar-refractivity contribution in [1.82, 2.24) is 4.57 Å². The van der Waals surface area contributed by atoms with Gasteiger partial charge in [0.2, 0.25) is 0 Å². The largest absolute Gasteiger partial charge is 0.339 e. The Morgan fingerprint density at radius 2 is 1.17 bits per heavy atom. The fourth-order valence-corrected chi connectivity index (χ4v) is 6.90. The fourth-order valence-electron chi connectivity index (χ4n) is 4.42. The van der Waals surface area contributed by atoms with Gasteiger partial charge < -0.3 is 4.57 Å². The van der Waals surface area contributed by atoms with Crippen LogP contribution in [0.2, 0.25) is 0 Å². The van der Waals surface area contributed by atoms with Crippen LogP contribution in [-0.2, 0) is 6.54 Å². The van der Waals surface area contributed by atoms with E-state index in [4.69, 9.17) is 10.5 Å². The number of hydrogen-bond donors (Lipinski definition) is 0. The maximum absolute atomic E-state index is 9.04. The molecule has 2 aromatic carbocycles. The molecule has 3 aromatic heterocycles. The molecule has 5 aromatic rings. The Kier molecular flexibility index (Phi) is 6.61. The number of nitriles is 2. The Labute approximate surface area is 219 Å². The van der Waals surface area contributed by atoms with Crippen LogP contribution in [0.3, 0.4) is 0 Å². The highest BCUT2D eigenvalue weighted by Crippen LogP contribution is 2.45. The zero-order valence-electron chi connectivity index (χ0n) is 20.5. The third-order valence-corrected chi connectivity index (χ3v) is 8.68. The molecular weight excluding hydrogens is 478 g/mol. The number of aromatic nitrogens is 1. The third kappa shape index (κ3) is 4.52. The van der Waals surface area contributed by atoms with E-state index in [2.05, 4.69) is 84.3 Å². The van der Waals surface area contributed by atoms with Gasteiger partial charge in [0.25, 0.3) is 0 Å². The van der Waals surface area contributed by atoms with Crippen molar-refractivity contribution >= 4 is 55.3 Å². The van der Waals surface area contributed by atoms with Crippen molar-refractivity contribution in [3.63, 3.8) is 0 Å². The Bertz CT molecular complexity index is 1580. The van der Waals surface area contributed by atoms with E-state index in [1.54, 1.807) is 0 Å². The van der Waals surface area contributed by atoms with Crippen molar-refractivity contribution in [3.8, 4) is 33.0 Å². The zero-order chi connectivity index (χ0) is 25.2. The van der Waals surface area contributed by atoms with Gasteiger partial charge in [0, 0.05) is 27.4 Å². The number of hydrogen-bond acceptors (Lipinski definition) is 4. The molecule has 0 aliphatic carbocycles. The molecule has 5 heteroatoms. The summed E-state index contributed by atoms with van der Waals surface area (Å²) in [5.74, 6) is 0. The van der Waals surface area contributed by atoms with E-state index in [-0.39, 0.29) is 0 Å². The van der Waals surface area contributed by atoms with Crippen LogP contribution < -0.4 is 0 Å². The van der Waals surface area contributed by atoms with Crippen molar-refractivity contribution in [3.05, 3.63) is 82.9 Å². The normalized spacial score (nSPS) is 12.2. The second kappa shape index (κ2) is 9.99. The van der Waals surface area contributed by atoms with Gasteiger partial charge in [0.1, 0.15) is 0 Å². The summed E-state index contributed by atoms with van der Waals surface area (Å²) < 4.78 is 5.15. The number of thiophene rings is 2. The first-order valence-electron chi connectivity index (χ1n) is 11.9. The lowest BCUT2D eigenvalue weighted by Gasteiger charge is -2.03. The molecule has 36 heavy (non-hydrogen) atoms. The minimum absolute atomic E-state index is 0.706. The minimum Gasteiger partial charge on any atom is -0.339 e. The van der Waals surface area contributed by atoms with Gasteiger partial charge in [-0.2, -0.15) is 10.5 Å². The second-order valence-corrected chi connectivity index (χ2v) is 11.0. The molecule has 0 saturated carbocycles. The highest BCUT2D eigenvalue weighted by atomic mass is 32.1. The Balaban J connectivity index is 1.55. The SMILES string of the molecule is CCCn1c2cc(-c3ccc(/C=C(/C)C#N)cc3)sc2c2sc(-c3ccc(/C=C(/C)C#N)cc3)cc21. The summed E-state index contributed by atoms with van der Waals surface area (Å²) in [4.78, 5) is 2.52. The van der Waals surface area contributed by atoms with Gasteiger partial charge >= 0.3 is 0 Å². The molecule has 3 nitrogen and oxygen atoms in total. The lowest BCUT2D eigenvalue weighted by Crippen LogP contribution is -1.94. The highest BCUT2D eigenvalue weighted by Gasteiger charge is 2.18. The van der Waals surface area contributed by atoms with E-state index in [1.165, 1.54) is 41.3 Å². The summed E-state index contributed by atoms with van der Waals surface area (Å²) in [7, 11) is 0. The maximum Gasteiger partial charge on any atom is 0.0944 e. The van der Waals surface area contributed by atoms with E-state index in [0.717, 1.165) is 24.1 Å². The second-order valence-electron chi connectivity index (χ2n) is 8.92. The van der Waals surface area contributed by atoms with Crippen molar-refractivity contribution < 1.29 is 0 Å². The first-order chi connectivity index (χ1) is 17.5. The van der Waals surface area contributed by atoms with E-state index < -0.39 is 0 Å². The standard InChI is InChI=1S/C31H25N3S2/c1-4-13-34-26-16-28(24-9-5-22(6-10-24)14-20(2)18-32)35-30(26)31-27(34)17-29(36-31)25-11-7-23(8-12-25)15-21(3)19-33/h5-12,14-17H,4,13H2,1-3H3/b20-14-,21-15-. The van der Waals surface area contributed by atoms with E-state index >= 15 is 0 Å². The van der Waals surface area contributed by atoms with Crippen molar-refractivity contribution in [1.29, 1.82) is 10.5 Å². The van der Waals surface area contributed by atoms with Gasteiger partial charge in [-0.1, -0.05) is 55.5 Å². The molecule has 0 radical (unpaired) electrons. The van der Waals surface area contributed by atoms with Gasteiger partial charge in [0.05, 0.1) is 32.6 Å². The maximum atomic E-state index is 9.04. The molecular formula is C31H25N3S2. The van der Waals surface area contributed by atoms with Crippen LogP contribution in [-0.4, -0.2) is 4.57 Å². The topological polar surface area (TPSA) is 52.5 Å². The van der Waals surface area contributed by atoms with Gasteiger partial charge in [0.15, 0.2) is 0 Å². The van der Waals surface area contributed by atoms with E-state index in [0.29, 0.717) is 11.1 Å². The van der Waals surface area contributed by atoms with Gasteiger partial charge in [-0.05, 0) is 66.8 Å². The zero-order valence-corrected chi connectivity index (χ0v) is 22.1. The number of nitrogens with zero attached hydrogens (tertiary/aromatic N) is 3. The first-order valence-corrected chi connectivity index (χ1v) is 13.6. The average molecular weight is 504 g/mol. The summed E-state index contributed by atoms with van der Waals surface area (Å²) in [5, 5.41) is 18.1. The van der Waals surface area contributed by atoms with E-state index in [9.17, 15) is 0 Å². The molecule has 0 aliphatic rings. The van der Waals surface area contributed by atoms with Crippen LogP contribution in [0.15, 0.2) is 71.8 Å².